The van der Waals surface area contributed by atoms with Crippen LogP contribution in [0.5, 0.6) is 11.5 Å². The van der Waals surface area contributed by atoms with Crippen LogP contribution < -0.4 is 15.4 Å². The van der Waals surface area contributed by atoms with Crippen LogP contribution in [0.1, 0.15) is 38.7 Å². The Morgan fingerprint density at radius 2 is 1.93 bits per heavy atom. The monoisotopic (exact) mass is 490 g/mol. The van der Waals surface area contributed by atoms with Gasteiger partial charge in [0.2, 0.25) is 0 Å². The van der Waals surface area contributed by atoms with Crippen LogP contribution in [0.3, 0.4) is 0 Å². The normalized spacial score (nSPS) is 15.8. The Balaban J connectivity index is 0.00000364. The van der Waals surface area contributed by atoms with Crippen LogP contribution in [0.4, 0.5) is 0 Å². The van der Waals surface area contributed by atoms with Crippen molar-refractivity contribution in [3.63, 3.8) is 0 Å². The van der Waals surface area contributed by atoms with Crippen molar-refractivity contribution in [3.8, 4) is 11.5 Å². The van der Waals surface area contributed by atoms with Gasteiger partial charge in [-0.3, -0.25) is 9.89 Å². The Hall–Kier alpha value is -1.22. The van der Waals surface area contributed by atoms with Gasteiger partial charge in [-0.05, 0) is 57.8 Å². The fraction of sp³-hybridized carbons (Fsp3) is 0.650. The van der Waals surface area contributed by atoms with E-state index in [9.17, 15) is 5.11 Å². The first kappa shape index (κ1) is 23.8. The summed E-state index contributed by atoms with van der Waals surface area (Å²) >= 11 is 0. The summed E-state index contributed by atoms with van der Waals surface area (Å²) < 4.78 is 5.12. The number of ether oxygens (including phenoxy) is 1. The summed E-state index contributed by atoms with van der Waals surface area (Å²) in [5, 5.41) is 16.8. The van der Waals surface area contributed by atoms with Crippen molar-refractivity contribution in [3.05, 3.63) is 23.8 Å². The molecule has 1 aromatic rings. The topological polar surface area (TPSA) is 69.1 Å². The first-order chi connectivity index (χ1) is 12.5. The number of nitrogens with zero attached hydrogens (tertiary/aromatic N) is 2. The molecule has 2 rings (SSSR count). The summed E-state index contributed by atoms with van der Waals surface area (Å²) in [4.78, 5) is 6.87. The van der Waals surface area contributed by atoms with Gasteiger partial charge in [-0.1, -0.05) is 12.5 Å². The Kier molecular flexibility index (Phi) is 10.2. The molecule has 0 aromatic heterocycles. The maximum atomic E-state index is 10.0. The van der Waals surface area contributed by atoms with Gasteiger partial charge in [0.15, 0.2) is 5.96 Å². The molecule has 1 saturated heterocycles. The third kappa shape index (κ3) is 7.37. The van der Waals surface area contributed by atoms with Gasteiger partial charge >= 0.3 is 0 Å². The van der Waals surface area contributed by atoms with Crippen molar-refractivity contribution in [1.29, 1.82) is 0 Å². The molecule has 1 fully saturated rings. The average Bonchev–Trinajstić information content (AvgIpc) is 2.66. The van der Waals surface area contributed by atoms with E-state index in [1.54, 1.807) is 20.2 Å². The SMILES string of the molecule is CN=C(NCCc1ccc(OC)cc1O)NCC(C)(C)N1CCCCC1.I. The largest absolute Gasteiger partial charge is 0.508 e. The number of likely N-dealkylation sites (tertiary alicyclic amines) is 1. The molecule has 0 aliphatic carbocycles. The van der Waals surface area contributed by atoms with Crippen LogP contribution in [0.15, 0.2) is 23.2 Å². The summed E-state index contributed by atoms with van der Waals surface area (Å²) in [5.41, 5.74) is 0.995. The number of rotatable bonds is 7. The minimum atomic E-state index is 0. The van der Waals surface area contributed by atoms with Gasteiger partial charge in [-0.15, -0.1) is 24.0 Å². The summed E-state index contributed by atoms with van der Waals surface area (Å²) in [6, 6.07) is 5.40. The summed E-state index contributed by atoms with van der Waals surface area (Å²) in [6.45, 7) is 8.47. The highest BCUT2D eigenvalue weighted by Crippen LogP contribution is 2.23. The van der Waals surface area contributed by atoms with E-state index < -0.39 is 0 Å². The number of hydrogen-bond donors (Lipinski definition) is 3. The van der Waals surface area contributed by atoms with E-state index in [0.29, 0.717) is 18.7 Å². The number of methoxy groups -OCH3 is 1. The van der Waals surface area contributed by atoms with Gasteiger partial charge in [0.25, 0.3) is 0 Å². The number of phenolic OH excluding ortho intramolecular Hbond substituents is 1. The highest BCUT2D eigenvalue weighted by atomic mass is 127. The number of guanidine groups is 1. The van der Waals surface area contributed by atoms with Gasteiger partial charge < -0.3 is 20.5 Å². The fourth-order valence-electron chi connectivity index (χ4n) is 3.33. The quantitative estimate of drug-likeness (QED) is 0.312. The lowest BCUT2D eigenvalue weighted by Gasteiger charge is -2.41. The minimum absolute atomic E-state index is 0. The Morgan fingerprint density at radius 1 is 1.22 bits per heavy atom. The number of halogens is 1. The second-order valence-corrected chi connectivity index (χ2v) is 7.46. The van der Waals surface area contributed by atoms with Crippen molar-refractivity contribution in [2.45, 2.75) is 45.1 Å². The second-order valence-electron chi connectivity index (χ2n) is 7.46. The molecule has 0 amide bonds. The van der Waals surface area contributed by atoms with Crippen molar-refractivity contribution in [2.24, 2.45) is 4.99 Å². The number of benzene rings is 1. The lowest BCUT2D eigenvalue weighted by Crippen LogP contribution is -2.55. The maximum Gasteiger partial charge on any atom is 0.191 e. The Morgan fingerprint density at radius 3 is 2.52 bits per heavy atom. The predicted octanol–water partition coefficient (Wildman–Crippen LogP) is 2.99. The van der Waals surface area contributed by atoms with Crippen LogP contribution in [-0.4, -0.2) is 61.8 Å². The molecule has 1 aliphatic rings. The first-order valence-corrected chi connectivity index (χ1v) is 9.52. The lowest BCUT2D eigenvalue weighted by atomic mass is 9.98. The van der Waals surface area contributed by atoms with Crippen LogP contribution >= 0.6 is 24.0 Å². The highest BCUT2D eigenvalue weighted by molar-refractivity contribution is 14.0. The maximum absolute atomic E-state index is 10.0. The molecular formula is C20H35IN4O2. The van der Waals surface area contributed by atoms with Crippen molar-refractivity contribution in [2.75, 3.05) is 40.3 Å². The standard InChI is InChI=1S/C20H34N4O2.HI/c1-20(2,24-12-6-5-7-13-24)15-23-19(21-3)22-11-10-16-8-9-17(26-4)14-18(16)25;/h8-9,14,25H,5-7,10-13,15H2,1-4H3,(H2,21,22,23);1H. The number of phenols is 1. The number of piperidine rings is 1. The highest BCUT2D eigenvalue weighted by Gasteiger charge is 2.27. The van der Waals surface area contributed by atoms with Gasteiger partial charge in [0.1, 0.15) is 11.5 Å². The van der Waals surface area contributed by atoms with Crippen LogP contribution in [0, 0.1) is 0 Å². The van der Waals surface area contributed by atoms with Crippen LogP contribution in [0.25, 0.3) is 0 Å². The van der Waals surface area contributed by atoms with Gasteiger partial charge in [-0.2, -0.15) is 0 Å². The summed E-state index contributed by atoms with van der Waals surface area (Å²) in [5.74, 6) is 1.72. The molecule has 0 bridgehead atoms. The van der Waals surface area contributed by atoms with E-state index >= 15 is 0 Å². The molecule has 6 nitrogen and oxygen atoms in total. The molecule has 27 heavy (non-hydrogen) atoms. The Labute approximate surface area is 180 Å². The van der Waals surface area contributed by atoms with E-state index in [2.05, 4.69) is 34.4 Å². The molecule has 0 unspecified atom stereocenters. The van der Waals surface area contributed by atoms with E-state index in [4.69, 9.17) is 4.74 Å². The van der Waals surface area contributed by atoms with E-state index in [1.807, 2.05) is 12.1 Å². The molecule has 0 spiro atoms. The molecule has 1 aromatic carbocycles. The number of nitrogens with one attached hydrogen (secondary N) is 2. The third-order valence-electron chi connectivity index (χ3n) is 5.10. The van der Waals surface area contributed by atoms with Gasteiger partial charge in [-0.25, -0.2) is 0 Å². The lowest BCUT2D eigenvalue weighted by molar-refractivity contribution is 0.0982. The Bertz CT molecular complexity index is 602. The molecular weight excluding hydrogens is 455 g/mol. The van der Waals surface area contributed by atoms with Crippen molar-refractivity contribution >= 4 is 29.9 Å². The van der Waals surface area contributed by atoms with Crippen LogP contribution in [-0.2, 0) is 6.42 Å². The molecule has 0 saturated carbocycles. The number of aliphatic imine (C=N–C) groups is 1. The van der Waals surface area contributed by atoms with Crippen LogP contribution in [0.2, 0.25) is 0 Å². The number of aromatic hydroxyl groups is 1. The van der Waals surface area contributed by atoms with Crippen molar-refractivity contribution in [1.82, 2.24) is 15.5 Å². The zero-order valence-electron chi connectivity index (χ0n) is 17.0. The summed E-state index contributed by atoms with van der Waals surface area (Å²) in [6.07, 6.45) is 4.65. The molecule has 1 heterocycles. The van der Waals surface area contributed by atoms with E-state index in [-0.39, 0.29) is 35.3 Å². The minimum Gasteiger partial charge on any atom is -0.508 e. The van der Waals surface area contributed by atoms with E-state index in [0.717, 1.165) is 18.1 Å². The predicted molar refractivity (Wildman–Crippen MR) is 123 cm³/mol. The van der Waals surface area contributed by atoms with Crippen molar-refractivity contribution < 1.29 is 9.84 Å². The molecule has 1 aliphatic heterocycles. The average molecular weight is 490 g/mol. The number of hydrogen-bond acceptors (Lipinski definition) is 4. The molecule has 3 N–H and O–H groups in total. The molecule has 7 heteroatoms. The molecule has 0 atom stereocenters. The molecule has 0 radical (unpaired) electrons. The van der Waals surface area contributed by atoms with Gasteiger partial charge in [0.05, 0.1) is 7.11 Å². The van der Waals surface area contributed by atoms with Gasteiger partial charge in [0, 0.05) is 31.7 Å². The summed E-state index contributed by atoms with van der Waals surface area (Å²) in [7, 11) is 3.38. The second kappa shape index (κ2) is 11.6. The third-order valence-corrected chi connectivity index (χ3v) is 5.10. The first-order valence-electron chi connectivity index (χ1n) is 9.52. The zero-order chi connectivity index (χ0) is 19.0. The molecule has 154 valence electrons. The van der Waals surface area contributed by atoms with E-state index in [1.165, 1.54) is 32.4 Å². The zero-order valence-corrected chi connectivity index (χ0v) is 19.4. The fourth-order valence-corrected chi connectivity index (χ4v) is 3.33. The smallest absolute Gasteiger partial charge is 0.191 e.